The average Bonchev–Trinajstić information content (AvgIpc) is 2.57. The fourth-order valence-corrected chi connectivity index (χ4v) is 1.10. The Morgan fingerprint density at radius 2 is 1.85 bits per heavy atom. The Balaban J connectivity index is 2.99. The average molecular weight is 296 g/mol. The van der Waals surface area contributed by atoms with E-state index < -0.39 is 41.3 Å². The van der Waals surface area contributed by atoms with Crippen LogP contribution >= 0.6 is 0 Å². The van der Waals surface area contributed by atoms with Crippen LogP contribution in [0.4, 0.5) is 24.0 Å². The molecule has 0 radical (unpaired) electrons. The molecule has 10 heteroatoms. The van der Waals surface area contributed by atoms with Crippen molar-refractivity contribution in [2.24, 2.45) is 0 Å². The number of hydrogen-bond donors (Lipinski definition) is 2. The maximum atomic E-state index is 12.5. The van der Waals surface area contributed by atoms with E-state index in [1.54, 1.807) is 5.32 Å². The molecule has 1 aromatic heterocycles. The van der Waals surface area contributed by atoms with Crippen LogP contribution in [0.2, 0.25) is 0 Å². The highest BCUT2D eigenvalue weighted by Gasteiger charge is 2.41. The predicted molar refractivity (Wildman–Crippen MR) is 58.3 cm³/mol. The number of carboxylic acid groups (broad SMARTS) is 1. The fourth-order valence-electron chi connectivity index (χ4n) is 1.10. The van der Waals surface area contributed by atoms with Crippen LogP contribution in [-0.2, 0) is 10.9 Å². The fraction of sp³-hybridized carbons (Fsp3) is 0.500. The first-order valence-corrected chi connectivity index (χ1v) is 5.21. The Kier molecular flexibility index (Phi) is 3.97. The summed E-state index contributed by atoms with van der Waals surface area (Å²) in [6.07, 6.45) is -6.14. The smallest absolute Gasteiger partial charge is 0.437 e. The van der Waals surface area contributed by atoms with E-state index in [4.69, 9.17) is 9.84 Å². The molecule has 20 heavy (non-hydrogen) atoms. The van der Waals surface area contributed by atoms with Gasteiger partial charge in [0.25, 0.3) is 0 Å². The minimum absolute atomic E-state index is 0.890. The lowest BCUT2D eigenvalue weighted by Crippen LogP contribution is -2.27. The van der Waals surface area contributed by atoms with Gasteiger partial charge in [-0.2, -0.15) is 18.2 Å². The van der Waals surface area contributed by atoms with Crippen molar-refractivity contribution < 1.29 is 37.0 Å². The number of nitrogens with zero attached hydrogens (tertiary/aromatic N) is 1. The van der Waals surface area contributed by atoms with Crippen molar-refractivity contribution in [1.29, 1.82) is 0 Å². The Morgan fingerprint density at radius 3 is 2.20 bits per heavy atom. The van der Waals surface area contributed by atoms with Gasteiger partial charge in [-0.25, -0.2) is 14.9 Å². The number of rotatable bonds is 2. The van der Waals surface area contributed by atoms with Crippen LogP contribution in [0.1, 0.15) is 37.0 Å². The third-order valence-electron chi connectivity index (χ3n) is 1.70. The number of ether oxygens (including phenoxy) is 1. The van der Waals surface area contributed by atoms with Gasteiger partial charge < -0.3 is 14.3 Å². The Hall–Kier alpha value is -2.26. The number of amides is 1. The second kappa shape index (κ2) is 5.02. The van der Waals surface area contributed by atoms with Crippen molar-refractivity contribution in [3.8, 4) is 0 Å². The minimum atomic E-state index is -5.02. The van der Waals surface area contributed by atoms with Crippen LogP contribution in [0.5, 0.6) is 0 Å². The molecule has 2 N–H and O–H groups in total. The Bertz CT molecular complexity index is 530. The van der Waals surface area contributed by atoms with Crippen molar-refractivity contribution in [3.63, 3.8) is 0 Å². The lowest BCUT2D eigenvalue weighted by molar-refractivity contribution is -0.141. The summed E-state index contributed by atoms with van der Waals surface area (Å²) in [5, 5.41) is 10.4. The molecule has 0 aliphatic heterocycles. The molecule has 0 bridgehead atoms. The monoisotopic (exact) mass is 296 g/mol. The van der Waals surface area contributed by atoms with Crippen LogP contribution in [0, 0.1) is 0 Å². The number of nitrogens with one attached hydrogen (secondary N) is 1. The van der Waals surface area contributed by atoms with Crippen molar-refractivity contribution in [3.05, 3.63) is 11.5 Å². The number of carboxylic acids is 1. The van der Waals surface area contributed by atoms with Crippen LogP contribution < -0.4 is 5.32 Å². The summed E-state index contributed by atoms with van der Waals surface area (Å²) >= 11 is 0. The van der Waals surface area contributed by atoms with Crippen LogP contribution in [0.15, 0.2) is 4.42 Å². The molecule has 0 atom stereocenters. The second-order valence-electron chi connectivity index (χ2n) is 4.63. The van der Waals surface area contributed by atoms with E-state index >= 15 is 0 Å². The van der Waals surface area contributed by atoms with Gasteiger partial charge in [-0.05, 0) is 20.8 Å². The van der Waals surface area contributed by atoms with Gasteiger partial charge in [0, 0.05) is 0 Å². The van der Waals surface area contributed by atoms with E-state index in [1.165, 1.54) is 20.8 Å². The molecular weight excluding hydrogens is 285 g/mol. The first-order valence-electron chi connectivity index (χ1n) is 5.21. The van der Waals surface area contributed by atoms with Gasteiger partial charge in [-0.15, -0.1) is 0 Å². The number of carbonyl (C=O) groups excluding carboxylic acids is 1. The molecule has 0 fully saturated rings. The summed E-state index contributed by atoms with van der Waals surface area (Å²) in [6.45, 7) is 4.60. The molecule has 0 saturated carbocycles. The highest BCUT2D eigenvalue weighted by Crippen LogP contribution is 2.33. The van der Waals surface area contributed by atoms with Crippen molar-refractivity contribution in [2.45, 2.75) is 32.5 Å². The first-order chi connectivity index (χ1) is 8.90. The lowest BCUT2D eigenvalue weighted by atomic mass is 10.2. The summed E-state index contributed by atoms with van der Waals surface area (Å²) in [7, 11) is 0. The quantitative estimate of drug-likeness (QED) is 0.870. The van der Waals surface area contributed by atoms with Crippen molar-refractivity contribution in [1.82, 2.24) is 4.98 Å². The number of aromatic carboxylic acids is 1. The highest BCUT2D eigenvalue weighted by molar-refractivity contribution is 5.87. The Morgan fingerprint density at radius 1 is 1.30 bits per heavy atom. The van der Waals surface area contributed by atoms with Gasteiger partial charge in [-0.1, -0.05) is 0 Å². The number of hydrogen-bond acceptors (Lipinski definition) is 5. The topological polar surface area (TPSA) is 102 Å². The summed E-state index contributed by atoms with van der Waals surface area (Å²) < 4.78 is 46.6. The molecule has 0 aromatic carbocycles. The standard InChI is InChI=1S/C10H11F3N2O5/c1-9(2,3)20-8(18)15-7-14-5(10(11,12)13)4(19-7)6(16)17/h1-3H3,(H,16,17)(H,14,15,18). The van der Waals surface area contributed by atoms with E-state index in [0.29, 0.717) is 0 Å². The number of alkyl halides is 3. The van der Waals surface area contributed by atoms with E-state index in [9.17, 15) is 22.8 Å². The van der Waals surface area contributed by atoms with Gasteiger partial charge in [0.15, 0.2) is 5.69 Å². The maximum absolute atomic E-state index is 12.5. The molecule has 0 spiro atoms. The number of carbonyl (C=O) groups is 2. The molecule has 1 amide bonds. The normalized spacial score (nSPS) is 12.1. The Labute approximate surface area is 110 Å². The molecule has 0 saturated heterocycles. The molecule has 0 aliphatic carbocycles. The SMILES string of the molecule is CC(C)(C)OC(=O)Nc1nc(C(F)(F)F)c(C(=O)O)o1. The zero-order valence-corrected chi connectivity index (χ0v) is 10.7. The second-order valence-corrected chi connectivity index (χ2v) is 4.63. The summed E-state index contributed by atoms with van der Waals surface area (Å²) in [4.78, 5) is 24.8. The molecule has 7 nitrogen and oxygen atoms in total. The van der Waals surface area contributed by atoms with E-state index in [1.807, 2.05) is 0 Å². The van der Waals surface area contributed by atoms with Gasteiger partial charge in [0.1, 0.15) is 5.60 Å². The van der Waals surface area contributed by atoms with Crippen LogP contribution in [0.3, 0.4) is 0 Å². The van der Waals surface area contributed by atoms with Crippen molar-refractivity contribution >= 4 is 18.1 Å². The van der Waals surface area contributed by atoms with Crippen LogP contribution in [0.25, 0.3) is 0 Å². The maximum Gasteiger partial charge on any atom is 0.437 e. The van der Waals surface area contributed by atoms with Crippen LogP contribution in [-0.4, -0.2) is 27.8 Å². The third-order valence-corrected chi connectivity index (χ3v) is 1.70. The minimum Gasteiger partial charge on any atom is -0.475 e. The molecule has 0 unspecified atom stereocenters. The zero-order chi connectivity index (χ0) is 15.7. The molecule has 112 valence electrons. The van der Waals surface area contributed by atoms with E-state index in [0.717, 1.165) is 0 Å². The van der Waals surface area contributed by atoms with Gasteiger partial charge in [0.05, 0.1) is 0 Å². The van der Waals surface area contributed by atoms with Gasteiger partial charge in [0.2, 0.25) is 5.76 Å². The number of aromatic nitrogens is 1. The summed E-state index contributed by atoms with van der Waals surface area (Å²) in [6, 6.07) is -0.913. The molecule has 1 rings (SSSR count). The molecule has 0 aliphatic rings. The largest absolute Gasteiger partial charge is 0.475 e. The van der Waals surface area contributed by atoms with E-state index in [-0.39, 0.29) is 0 Å². The number of oxazole rings is 1. The lowest BCUT2D eigenvalue weighted by Gasteiger charge is -2.18. The predicted octanol–water partition coefficient (Wildman–Crippen LogP) is 2.74. The number of anilines is 1. The molecular formula is C10H11F3N2O5. The number of halogens is 3. The summed E-state index contributed by atoms with van der Waals surface area (Å²) in [5.74, 6) is -3.37. The first kappa shape index (κ1) is 15.8. The van der Waals surface area contributed by atoms with Gasteiger partial charge in [-0.3, -0.25) is 0 Å². The molecule has 1 aromatic rings. The highest BCUT2D eigenvalue weighted by atomic mass is 19.4. The summed E-state index contributed by atoms with van der Waals surface area (Å²) in [5.41, 5.74) is -2.63. The molecule has 1 heterocycles. The van der Waals surface area contributed by atoms with E-state index in [2.05, 4.69) is 9.40 Å². The van der Waals surface area contributed by atoms with Gasteiger partial charge >= 0.3 is 24.3 Å². The van der Waals surface area contributed by atoms with Crippen molar-refractivity contribution in [2.75, 3.05) is 5.32 Å². The third kappa shape index (κ3) is 4.14. The zero-order valence-electron chi connectivity index (χ0n) is 10.7.